The summed E-state index contributed by atoms with van der Waals surface area (Å²) < 4.78 is 18.7. The highest BCUT2D eigenvalue weighted by Gasteiger charge is 2.24. The number of aromatic nitrogens is 2. The predicted molar refractivity (Wildman–Crippen MR) is 94.9 cm³/mol. The number of carbonyl (C=O) groups excluding carboxylic acids is 1. The minimum absolute atomic E-state index is 0.00579. The predicted octanol–water partition coefficient (Wildman–Crippen LogP) is 2.68. The molecule has 1 amide bonds. The number of benzene rings is 1. The van der Waals surface area contributed by atoms with Crippen molar-refractivity contribution < 1.29 is 13.7 Å². The summed E-state index contributed by atoms with van der Waals surface area (Å²) in [7, 11) is 0. The normalized spacial score (nSPS) is 18.0. The molecule has 0 radical (unpaired) electrons. The largest absolute Gasteiger partial charge is 0.356 e. The molecule has 26 heavy (non-hydrogen) atoms. The van der Waals surface area contributed by atoms with Gasteiger partial charge in [0, 0.05) is 25.9 Å². The van der Waals surface area contributed by atoms with E-state index >= 15 is 0 Å². The molecule has 1 saturated heterocycles. The van der Waals surface area contributed by atoms with Crippen molar-refractivity contribution in [2.75, 3.05) is 13.1 Å². The number of amides is 1. The third kappa shape index (κ3) is 5.36. The summed E-state index contributed by atoms with van der Waals surface area (Å²) in [5.74, 6) is 0.896. The van der Waals surface area contributed by atoms with E-state index in [9.17, 15) is 9.18 Å². The van der Waals surface area contributed by atoms with E-state index in [1.54, 1.807) is 6.07 Å². The van der Waals surface area contributed by atoms with Gasteiger partial charge in [-0.1, -0.05) is 23.7 Å². The highest BCUT2D eigenvalue weighted by atomic mass is 19.1. The summed E-state index contributed by atoms with van der Waals surface area (Å²) in [6, 6.07) is 6.84. The lowest BCUT2D eigenvalue weighted by Gasteiger charge is -2.34. The van der Waals surface area contributed by atoms with Gasteiger partial charge in [-0.2, -0.15) is 4.98 Å². The number of halogens is 1. The first-order valence-electron chi connectivity index (χ1n) is 9.14. The summed E-state index contributed by atoms with van der Waals surface area (Å²) >= 11 is 0. The zero-order valence-electron chi connectivity index (χ0n) is 15.1. The van der Waals surface area contributed by atoms with Crippen molar-refractivity contribution >= 4 is 5.91 Å². The molecular formula is C19H25FN4O2. The minimum Gasteiger partial charge on any atom is -0.356 e. The molecule has 2 aromatic rings. The summed E-state index contributed by atoms with van der Waals surface area (Å²) in [6.45, 7) is 3.83. The molecule has 7 heteroatoms. The number of carbonyl (C=O) groups is 1. The van der Waals surface area contributed by atoms with Crippen LogP contribution >= 0.6 is 0 Å². The molecular weight excluding hydrogens is 335 g/mol. The van der Waals surface area contributed by atoms with E-state index in [1.165, 1.54) is 25.5 Å². The van der Waals surface area contributed by atoms with Gasteiger partial charge in [-0.3, -0.25) is 9.69 Å². The van der Waals surface area contributed by atoms with Crippen molar-refractivity contribution in [1.82, 2.24) is 20.4 Å². The van der Waals surface area contributed by atoms with Crippen molar-refractivity contribution in [3.05, 3.63) is 47.4 Å². The highest BCUT2D eigenvalue weighted by Crippen LogP contribution is 2.21. The second kappa shape index (κ2) is 8.89. The molecule has 1 atom stereocenters. The summed E-state index contributed by atoms with van der Waals surface area (Å²) in [4.78, 5) is 17.9. The van der Waals surface area contributed by atoms with Crippen molar-refractivity contribution in [2.24, 2.45) is 0 Å². The number of hydrogen-bond donors (Lipinski definition) is 1. The smallest absolute Gasteiger partial charge is 0.240 e. The van der Waals surface area contributed by atoms with Crippen molar-refractivity contribution in [1.29, 1.82) is 0 Å². The SMILES string of the molecule is CC(=O)NCC[C@@H]1CCCCN1Cc1nc(Cc2cccc(F)c2)no1. The Balaban J connectivity index is 1.57. The first-order chi connectivity index (χ1) is 12.6. The van der Waals surface area contributed by atoms with Crippen LogP contribution < -0.4 is 5.32 Å². The molecule has 1 fully saturated rings. The average molecular weight is 360 g/mol. The number of hydrogen-bond acceptors (Lipinski definition) is 5. The second-order valence-corrected chi connectivity index (χ2v) is 6.80. The number of nitrogens with one attached hydrogen (secondary N) is 1. The molecule has 0 bridgehead atoms. The molecule has 2 heterocycles. The third-order valence-corrected chi connectivity index (χ3v) is 4.70. The Labute approximate surface area is 152 Å². The lowest BCUT2D eigenvalue weighted by Crippen LogP contribution is -2.41. The zero-order chi connectivity index (χ0) is 18.4. The third-order valence-electron chi connectivity index (χ3n) is 4.70. The Hall–Kier alpha value is -2.28. The Morgan fingerprint density at radius 3 is 3.12 bits per heavy atom. The maximum atomic E-state index is 13.3. The van der Waals surface area contributed by atoms with Crippen LogP contribution in [0.4, 0.5) is 4.39 Å². The van der Waals surface area contributed by atoms with Gasteiger partial charge in [0.25, 0.3) is 0 Å². The monoisotopic (exact) mass is 360 g/mol. The fraction of sp³-hybridized carbons (Fsp3) is 0.526. The summed E-state index contributed by atoms with van der Waals surface area (Å²) in [5, 5.41) is 6.89. The van der Waals surface area contributed by atoms with Crippen LogP contribution in [0.1, 0.15) is 49.9 Å². The van der Waals surface area contributed by atoms with E-state index in [-0.39, 0.29) is 11.7 Å². The van der Waals surface area contributed by atoms with Crippen LogP contribution in [0.15, 0.2) is 28.8 Å². The van der Waals surface area contributed by atoms with Gasteiger partial charge in [0.15, 0.2) is 5.82 Å². The van der Waals surface area contributed by atoms with Gasteiger partial charge in [-0.05, 0) is 43.5 Å². The van der Waals surface area contributed by atoms with E-state index in [1.807, 2.05) is 6.07 Å². The molecule has 140 valence electrons. The molecule has 0 aliphatic carbocycles. The Kier molecular flexibility index (Phi) is 6.33. The fourth-order valence-electron chi connectivity index (χ4n) is 3.44. The first kappa shape index (κ1) is 18.5. The van der Waals surface area contributed by atoms with Crippen LogP contribution in [-0.2, 0) is 17.8 Å². The minimum atomic E-state index is -0.262. The number of nitrogens with zero attached hydrogens (tertiary/aromatic N) is 3. The summed E-state index contributed by atoms with van der Waals surface area (Å²) in [6.07, 6.45) is 4.85. The van der Waals surface area contributed by atoms with E-state index in [0.717, 1.165) is 31.4 Å². The molecule has 1 aliphatic rings. The van der Waals surface area contributed by atoms with E-state index < -0.39 is 0 Å². The number of piperidine rings is 1. The maximum Gasteiger partial charge on any atom is 0.240 e. The fourth-order valence-corrected chi connectivity index (χ4v) is 3.44. The van der Waals surface area contributed by atoms with Crippen molar-refractivity contribution in [3.8, 4) is 0 Å². The van der Waals surface area contributed by atoms with Gasteiger partial charge < -0.3 is 9.84 Å². The van der Waals surface area contributed by atoms with Crippen LogP contribution in [0.25, 0.3) is 0 Å². The number of rotatable bonds is 7. The van der Waals surface area contributed by atoms with Gasteiger partial charge in [-0.25, -0.2) is 4.39 Å². The van der Waals surface area contributed by atoms with Gasteiger partial charge in [-0.15, -0.1) is 0 Å². The van der Waals surface area contributed by atoms with Gasteiger partial charge in [0.1, 0.15) is 5.82 Å². The van der Waals surface area contributed by atoms with Gasteiger partial charge in [0.2, 0.25) is 11.8 Å². The van der Waals surface area contributed by atoms with E-state index in [4.69, 9.17) is 4.52 Å². The first-order valence-corrected chi connectivity index (χ1v) is 9.14. The molecule has 1 aliphatic heterocycles. The van der Waals surface area contributed by atoms with E-state index in [0.29, 0.717) is 37.3 Å². The lowest BCUT2D eigenvalue weighted by atomic mass is 9.99. The standard InChI is InChI=1S/C19H25FN4O2/c1-14(25)21-9-8-17-7-2-3-10-24(17)13-19-22-18(23-26-19)12-15-5-4-6-16(20)11-15/h4-6,11,17H,2-3,7-10,12-13H2,1H3,(H,21,25)/t17-/m0/s1. The van der Waals surface area contributed by atoms with Crippen molar-refractivity contribution in [2.45, 2.75) is 51.6 Å². The van der Waals surface area contributed by atoms with E-state index in [2.05, 4.69) is 20.4 Å². The van der Waals surface area contributed by atoms with Crippen LogP contribution in [-0.4, -0.2) is 40.1 Å². The molecule has 1 N–H and O–H groups in total. The molecule has 1 aromatic heterocycles. The van der Waals surface area contributed by atoms with Crippen LogP contribution in [0.5, 0.6) is 0 Å². The molecule has 0 spiro atoms. The molecule has 6 nitrogen and oxygen atoms in total. The molecule has 1 aromatic carbocycles. The second-order valence-electron chi connectivity index (χ2n) is 6.80. The average Bonchev–Trinajstić information content (AvgIpc) is 3.03. The van der Waals surface area contributed by atoms with Crippen molar-refractivity contribution in [3.63, 3.8) is 0 Å². The number of likely N-dealkylation sites (tertiary alicyclic amines) is 1. The Bertz CT molecular complexity index is 734. The lowest BCUT2D eigenvalue weighted by molar-refractivity contribution is -0.119. The van der Waals surface area contributed by atoms with Crippen LogP contribution in [0.3, 0.4) is 0 Å². The summed E-state index contributed by atoms with van der Waals surface area (Å²) in [5.41, 5.74) is 0.823. The quantitative estimate of drug-likeness (QED) is 0.822. The Morgan fingerprint density at radius 1 is 1.42 bits per heavy atom. The van der Waals surface area contributed by atoms with Crippen LogP contribution in [0.2, 0.25) is 0 Å². The topological polar surface area (TPSA) is 71.3 Å². The molecule has 0 unspecified atom stereocenters. The zero-order valence-corrected chi connectivity index (χ0v) is 15.1. The van der Waals surface area contributed by atoms with Gasteiger partial charge >= 0.3 is 0 Å². The highest BCUT2D eigenvalue weighted by molar-refractivity contribution is 5.72. The van der Waals surface area contributed by atoms with Crippen LogP contribution in [0, 0.1) is 5.82 Å². The van der Waals surface area contributed by atoms with Gasteiger partial charge in [0.05, 0.1) is 6.54 Å². The Morgan fingerprint density at radius 2 is 2.31 bits per heavy atom. The molecule has 0 saturated carbocycles. The maximum absolute atomic E-state index is 13.3. The molecule has 3 rings (SSSR count).